The van der Waals surface area contributed by atoms with Gasteiger partial charge in [-0.2, -0.15) is 0 Å². The summed E-state index contributed by atoms with van der Waals surface area (Å²) in [4.78, 5) is 37.6. The number of quaternary nitrogens is 1. The van der Waals surface area contributed by atoms with Gasteiger partial charge >= 0.3 is 13.8 Å². The van der Waals surface area contributed by atoms with Crippen LogP contribution in [0.25, 0.3) is 0 Å². The normalized spacial score (nSPS) is 14.2. The molecule has 10 heteroatoms. The van der Waals surface area contributed by atoms with Crippen LogP contribution in [-0.4, -0.2) is 74.3 Å². The van der Waals surface area contributed by atoms with Gasteiger partial charge in [0.25, 0.3) is 0 Å². The summed E-state index contributed by atoms with van der Waals surface area (Å²) < 4.78 is 30.6. The highest BCUT2D eigenvalue weighted by atomic mass is 31.2. The molecule has 0 aromatic carbocycles. The number of nitrogens with zero attached hydrogens (tertiary/aromatic N) is 1. The van der Waals surface area contributed by atoms with Crippen LogP contribution in [0.15, 0.2) is 60.8 Å². The van der Waals surface area contributed by atoms with Gasteiger partial charge in [0, 0.05) is 12.8 Å². The fourth-order valence-electron chi connectivity index (χ4n) is 8.51. The molecule has 0 aliphatic rings. The number of allylic oxidation sites excluding steroid dienone is 9. The van der Waals surface area contributed by atoms with Crippen LogP contribution in [0.2, 0.25) is 0 Å². The van der Waals surface area contributed by atoms with Crippen LogP contribution in [0.5, 0.6) is 0 Å². The Bertz CT molecular complexity index is 1420. The molecule has 0 rings (SSSR count). The molecule has 3 unspecified atom stereocenters. The second-order valence-corrected chi connectivity index (χ2v) is 23.0. The summed E-state index contributed by atoms with van der Waals surface area (Å²) in [6.45, 7) is 6.98. The van der Waals surface area contributed by atoms with Crippen molar-refractivity contribution in [2.24, 2.45) is 0 Å². The molecular formula is C62H116N2O7P+. The molecule has 3 atom stereocenters. The van der Waals surface area contributed by atoms with Crippen LogP contribution in [0.1, 0.15) is 271 Å². The van der Waals surface area contributed by atoms with Gasteiger partial charge in [-0.25, -0.2) is 4.57 Å². The number of phosphoric acid groups is 1. The molecule has 0 aliphatic heterocycles. The zero-order valence-electron chi connectivity index (χ0n) is 47.9. The summed E-state index contributed by atoms with van der Waals surface area (Å²) in [6, 6.07) is -0.854. The number of amides is 1. The SMILES string of the molecule is CCCCC/C=C\C/C=C\C/C=C\C/C=C\CCCCCCCC(=O)OC(/C=C/CCCCCCCCCCCC)C(COP(=O)(O)OCC[N+](C)(C)C)NC(=O)CCCCCCCCCCCCCCC. The summed E-state index contributed by atoms with van der Waals surface area (Å²) >= 11 is 0. The molecule has 0 aliphatic carbocycles. The maximum absolute atomic E-state index is 13.5. The van der Waals surface area contributed by atoms with Gasteiger partial charge in [0.15, 0.2) is 0 Å². The van der Waals surface area contributed by atoms with Gasteiger partial charge in [-0.05, 0) is 76.7 Å². The third kappa shape index (κ3) is 52.6. The van der Waals surface area contributed by atoms with E-state index in [1.165, 1.54) is 141 Å². The highest BCUT2D eigenvalue weighted by Crippen LogP contribution is 2.43. The Morgan fingerprint density at radius 2 is 0.847 bits per heavy atom. The third-order valence-electron chi connectivity index (χ3n) is 13.2. The van der Waals surface area contributed by atoms with Gasteiger partial charge in [0.2, 0.25) is 5.91 Å². The first kappa shape index (κ1) is 69.7. The van der Waals surface area contributed by atoms with E-state index >= 15 is 0 Å². The minimum Gasteiger partial charge on any atom is -0.456 e. The number of hydrogen-bond donors (Lipinski definition) is 2. The summed E-state index contributed by atoms with van der Waals surface area (Å²) in [6.07, 6.45) is 64.9. The predicted molar refractivity (Wildman–Crippen MR) is 309 cm³/mol. The van der Waals surface area contributed by atoms with Crippen LogP contribution in [-0.2, 0) is 27.9 Å². The molecule has 0 radical (unpaired) electrons. The van der Waals surface area contributed by atoms with Crippen molar-refractivity contribution in [2.75, 3.05) is 40.9 Å². The molecule has 0 fully saturated rings. The molecule has 0 aromatic heterocycles. The summed E-state index contributed by atoms with van der Waals surface area (Å²) in [5.41, 5.74) is 0. The van der Waals surface area contributed by atoms with Crippen molar-refractivity contribution in [3.05, 3.63) is 60.8 Å². The van der Waals surface area contributed by atoms with Gasteiger partial charge in [0.1, 0.15) is 19.3 Å². The zero-order chi connectivity index (χ0) is 52.9. The van der Waals surface area contributed by atoms with Crippen molar-refractivity contribution < 1.29 is 37.3 Å². The van der Waals surface area contributed by atoms with Gasteiger partial charge < -0.3 is 19.4 Å². The molecule has 0 aromatic rings. The third-order valence-corrected chi connectivity index (χ3v) is 14.2. The van der Waals surface area contributed by atoms with E-state index in [0.29, 0.717) is 17.4 Å². The number of carbonyl (C=O) groups is 2. The van der Waals surface area contributed by atoms with Gasteiger partial charge in [-0.3, -0.25) is 18.6 Å². The van der Waals surface area contributed by atoms with Gasteiger partial charge in [-0.15, -0.1) is 0 Å². The number of likely N-dealkylation sites (N-methyl/N-ethyl adjacent to an activating group) is 1. The number of carbonyl (C=O) groups excluding carboxylic acids is 2. The Morgan fingerprint density at radius 1 is 0.486 bits per heavy atom. The van der Waals surface area contributed by atoms with E-state index in [1.54, 1.807) is 0 Å². The number of nitrogens with one attached hydrogen (secondary N) is 1. The molecule has 0 bridgehead atoms. The maximum atomic E-state index is 13.5. The van der Waals surface area contributed by atoms with Crippen LogP contribution < -0.4 is 5.32 Å². The molecule has 420 valence electrons. The summed E-state index contributed by atoms with van der Waals surface area (Å²) in [5.74, 6) is -0.521. The van der Waals surface area contributed by atoms with Crippen molar-refractivity contribution >= 4 is 19.7 Å². The lowest BCUT2D eigenvalue weighted by molar-refractivity contribution is -0.870. The second-order valence-electron chi connectivity index (χ2n) is 21.5. The van der Waals surface area contributed by atoms with Crippen molar-refractivity contribution in [3.63, 3.8) is 0 Å². The monoisotopic (exact) mass is 1030 g/mol. The average Bonchev–Trinajstić information content (AvgIpc) is 3.34. The highest BCUT2D eigenvalue weighted by molar-refractivity contribution is 7.47. The van der Waals surface area contributed by atoms with E-state index in [1.807, 2.05) is 33.3 Å². The molecule has 0 saturated carbocycles. The van der Waals surface area contributed by atoms with Crippen molar-refractivity contribution in [3.8, 4) is 0 Å². The van der Waals surface area contributed by atoms with Crippen molar-refractivity contribution in [2.45, 2.75) is 283 Å². The fraction of sp³-hybridized carbons (Fsp3) is 0.806. The summed E-state index contributed by atoms with van der Waals surface area (Å²) in [7, 11) is 1.49. The Balaban J connectivity index is 5.29. The minimum atomic E-state index is -4.45. The lowest BCUT2D eigenvalue weighted by Crippen LogP contribution is -2.47. The largest absolute Gasteiger partial charge is 0.472 e. The van der Waals surface area contributed by atoms with Crippen LogP contribution in [0.4, 0.5) is 0 Å². The molecule has 2 N–H and O–H groups in total. The molecule has 0 spiro atoms. The van der Waals surface area contributed by atoms with E-state index in [2.05, 4.69) is 74.7 Å². The maximum Gasteiger partial charge on any atom is 0.472 e. The number of hydrogen-bond acceptors (Lipinski definition) is 6. The lowest BCUT2D eigenvalue weighted by atomic mass is 10.0. The molecular weight excluding hydrogens is 916 g/mol. The number of phosphoric ester groups is 1. The molecule has 0 saturated heterocycles. The average molecular weight is 1030 g/mol. The number of rotatable bonds is 54. The van der Waals surface area contributed by atoms with E-state index in [4.69, 9.17) is 13.8 Å². The van der Waals surface area contributed by atoms with Gasteiger partial charge in [0.05, 0.1) is 33.8 Å². The van der Waals surface area contributed by atoms with Crippen LogP contribution in [0, 0.1) is 0 Å². The van der Waals surface area contributed by atoms with Crippen molar-refractivity contribution in [1.82, 2.24) is 5.32 Å². The smallest absolute Gasteiger partial charge is 0.456 e. The Labute approximate surface area is 445 Å². The van der Waals surface area contributed by atoms with Crippen molar-refractivity contribution in [1.29, 1.82) is 0 Å². The number of esters is 1. The Morgan fingerprint density at radius 3 is 1.29 bits per heavy atom. The Hall–Kier alpha value is -2.29. The first-order chi connectivity index (χ1) is 34.9. The van der Waals surface area contributed by atoms with E-state index in [0.717, 1.165) is 96.3 Å². The molecule has 0 heterocycles. The van der Waals surface area contributed by atoms with E-state index in [9.17, 15) is 19.0 Å². The predicted octanol–water partition coefficient (Wildman–Crippen LogP) is 18.3. The van der Waals surface area contributed by atoms with Gasteiger partial charge in [-0.1, -0.05) is 242 Å². The standard InChI is InChI=1S/C62H115N2O7P/c1-7-10-13-16-19-22-25-28-29-30-31-32-33-34-35-37-40-43-46-49-52-55-62(66)71-60(53-50-47-44-41-38-27-24-21-18-15-12-9-3)59(58-70-72(67,68)69-57-56-64(4,5)6)63-61(65)54-51-48-45-42-39-36-26-23-20-17-14-11-8-2/h19,22,28-29,31-32,34-35,50,53,59-60H,7-18,20-21,23-27,30,33,36-49,51-52,54-58H2,1-6H3,(H-,63,65,67,68)/p+1/b22-19-,29-28-,32-31-,35-34-,53-50+. The zero-order valence-corrected chi connectivity index (χ0v) is 48.8. The fourth-order valence-corrected chi connectivity index (χ4v) is 9.25. The first-order valence-corrected chi connectivity index (χ1v) is 31.6. The molecule has 1 amide bonds. The molecule has 72 heavy (non-hydrogen) atoms. The molecule has 9 nitrogen and oxygen atoms in total. The Kier molecular flexibility index (Phi) is 50.5. The first-order valence-electron chi connectivity index (χ1n) is 30.1. The topological polar surface area (TPSA) is 111 Å². The number of unbranched alkanes of at least 4 members (excludes halogenated alkanes) is 30. The van der Waals surface area contributed by atoms with Crippen LogP contribution in [0.3, 0.4) is 0 Å². The van der Waals surface area contributed by atoms with Crippen LogP contribution >= 0.6 is 7.82 Å². The minimum absolute atomic E-state index is 0.0368. The quantitative estimate of drug-likeness (QED) is 0.0205. The highest BCUT2D eigenvalue weighted by Gasteiger charge is 2.30. The number of ether oxygens (including phenoxy) is 1. The lowest BCUT2D eigenvalue weighted by Gasteiger charge is -2.27. The van der Waals surface area contributed by atoms with E-state index < -0.39 is 20.0 Å². The summed E-state index contributed by atoms with van der Waals surface area (Å²) in [5, 5.41) is 3.05. The second kappa shape index (κ2) is 52.2. The van der Waals surface area contributed by atoms with E-state index in [-0.39, 0.29) is 31.5 Å².